The maximum Gasteiger partial charge on any atom is 0.200 e. The number of carbonyl (C=O) groups excluding carboxylic acids is 1. The molecule has 3 N–H and O–H groups in total. The van der Waals surface area contributed by atoms with Crippen molar-refractivity contribution in [2.75, 3.05) is 12.8 Å². The van der Waals surface area contributed by atoms with Crippen molar-refractivity contribution in [3.05, 3.63) is 53.6 Å². The Morgan fingerprint density at radius 1 is 1.09 bits per heavy atom. The number of fused-ring (bicyclic) bond motifs is 3. The molecule has 0 saturated heterocycles. The normalized spacial score (nSPS) is 12.1. The third-order valence-corrected chi connectivity index (χ3v) is 3.95. The van der Waals surface area contributed by atoms with Gasteiger partial charge in [0.25, 0.3) is 0 Å². The minimum Gasteiger partial charge on any atom is -0.497 e. The molecule has 4 rings (SSSR count). The Bertz CT molecular complexity index is 895. The summed E-state index contributed by atoms with van der Waals surface area (Å²) in [7, 11) is 1.62. The molecular weight excluding hydrogens is 278 g/mol. The Kier molecular flexibility index (Phi) is 2.56. The van der Waals surface area contributed by atoms with Crippen LogP contribution >= 0.6 is 0 Å². The molecule has 1 heterocycles. The van der Waals surface area contributed by atoms with Crippen LogP contribution in [0.2, 0.25) is 0 Å². The fourth-order valence-electron chi connectivity index (χ4n) is 2.87. The van der Waals surface area contributed by atoms with Crippen LogP contribution in [0, 0.1) is 0 Å². The molecule has 0 aliphatic heterocycles. The van der Waals surface area contributed by atoms with E-state index in [0.717, 1.165) is 16.9 Å². The van der Waals surface area contributed by atoms with Crippen molar-refractivity contribution < 1.29 is 9.53 Å². The van der Waals surface area contributed by atoms with Gasteiger partial charge in [-0.25, -0.2) is 0 Å². The lowest BCUT2D eigenvalue weighted by Crippen LogP contribution is -2.02. The van der Waals surface area contributed by atoms with Crippen LogP contribution in [0.25, 0.3) is 22.5 Å². The Balaban J connectivity index is 1.89. The second kappa shape index (κ2) is 4.46. The van der Waals surface area contributed by atoms with Crippen LogP contribution in [-0.4, -0.2) is 23.1 Å². The second-order valence-corrected chi connectivity index (χ2v) is 5.15. The third kappa shape index (κ3) is 1.59. The highest BCUT2D eigenvalue weighted by molar-refractivity contribution is 6.26. The van der Waals surface area contributed by atoms with Gasteiger partial charge >= 0.3 is 0 Å². The van der Waals surface area contributed by atoms with E-state index < -0.39 is 0 Å². The summed E-state index contributed by atoms with van der Waals surface area (Å²) in [4.78, 5) is 12.7. The fraction of sp³-hybridized carbons (Fsp3) is 0.0588. The average molecular weight is 291 g/mol. The van der Waals surface area contributed by atoms with E-state index in [4.69, 9.17) is 10.5 Å². The Morgan fingerprint density at radius 2 is 1.86 bits per heavy atom. The van der Waals surface area contributed by atoms with E-state index in [1.807, 2.05) is 36.4 Å². The van der Waals surface area contributed by atoms with Crippen LogP contribution in [0.3, 0.4) is 0 Å². The summed E-state index contributed by atoms with van der Waals surface area (Å²) in [6.07, 6.45) is 0. The van der Waals surface area contributed by atoms with Crippen molar-refractivity contribution in [2.45, 2.75) is 0 Å². The van der Waals surface area contributed by atoms with Gasteiger partial charge in [-0.3, -0.25) is 9.89 Å². The maximum atomic E-state index is 12.7. The molecule has 0 bridgehead atoms. The summed E-state index contributed by atoms with van der Waals surface area (Å²) in [6, 6.07) is 12.9. The number of aromatic amines is 1. The van der Waals surface area contributed by atoms with Gasteiger partial charge in [-0.15, -0.1) is 0 Å². The van der Waals surface area contributed by atoms with Crippen molar-refractivity contribution in [3.63, 3.8) is 0 Å². The molecule has 0 unspecified atom stereocenters. The molecule has 3 aromatic rings. The Labute approximate surface area is 126 Å². The topological polar surface area (TPSA) is 81.0 Å². The van der Waals surface area contributed by atoms with Gasteiger partial charge in [0, 0.05) is 16.8 Å². The number of aromatic nitrogens is 2. The minimum absolute atomic E-state index is 0.0809. The highest BCUT2D eigenvalue weighted by Crippen LogP contribution is 2.42. The quantitative estimate of drug-likeness (QED) is 0.556. The number of nitrogen functional groups attached to an aromatic ring is 1. The van der Waals surface area contributed by atoms with E-state index in [0.29, 0.717) is 28.2 Å². The first-order chi connectivity index (χ1) is 10.7. The van der Waals surface area contributed by atoms with E-state index in [9.17, 15) is 4.79 Å². The number of rotatable bonds is 2. The monoisotopic (exact) mass is 291 g/mol. The molecule has 0 fully saturated rings. The number of methoxy groups -OCH3 is 1. The first-order valence-electron chi connectivity index (χ1n) is 6.87. The molecular formula is C17H13N3O2. The second-order valence-electron chi connectivity index (χ2n) is 5.15. The van der Waals surface area contributed by atoms with Crippen molar-refractivity contribution in [3.8, 4) is 28.3 Å². The molecule has 0 spiro atoms. The summed E-state index contributed by atoms with van der Waals surface area (Å²) >= 11 is 0. The van der Waals surface area contributed by atoms with Gasteiger partial charge < -0.3 is 10.5 Å². The van der Waals surface area contributed by atoms with Crippen molar-refractivity contribution in [1.29, 1.82) is 0 Å². The number of hydrogen-bond acceptors (Lipinski definition) is 4. The zero-order valence-electron chi connectivity index (χ0n) is 11.9. The highest BCUT2D eigenvalue weighted by Gasteiger charge is 2.34. The standard InChI is InChI=1S/C17H13N3O2/c1-22-10-7-5-9(6-8-10)15-14-16(20-19-15)11-3-2-4-12(18)13(11)17(14)21/h2-8H,18H2,1H3,(H,19,20). The van der Waals surface area contributed by atoms with Gasteiger partial charge in [0.2, 0.25) is 0 Å². The molecule has 1 aromatic heterocycles. The first kappa shape index (κ1) is 12.6. The van der Waals surface area contributed by atoms with E-state index in [-0.39, 0.29) is 5.78 Å². The molecule has 0 atom stereocenters. The van der Waals surface area contributed by atoms with Crippen molar-refractivity contribution in [1.82, 2.24) is 10.2 Å². The van der Waals surface area contributed by atoms with Crippen LogP contribution in [0.4, 0.5) is 5.69 Å². The lowest BCUT2D eigenvalue weighted by molar-refractivity contribution is 0.104. The maximum absolute atomic E-state index is 12.7. The molecule has 0 amide bonds. The Hall–Kier alpha value is -3.08. The zero-order chi connectivity index (χ0) is 15.3. The molecule has 0 radical (unpaired) electrons. The summed E-state index contributed by atoms with van der Waals surface area (Å²) in [5.74, 6) is 0.682. The predicted molar refractivity (Wildman–Crippen MR) is 83.9 cm³/mol. The molecule has 2 aromatic carbocycles. The van der Waals surface area contributed by atoms with E-state index in [2.05, 4.69) is 10.2 Å². The number of anilines is 1. The number of ketones is 1. The molecule has 108 valence electrons. The van der Waals surface area contributed by atoms with Crippen molar-refractivity contribution >= 4 is 11.5 Å². The molecule has 22 heavy (non-hydrogen) atoms. The first-order valence-corrected chi connectivity index (χ1v) is 6.87. The number of nitrogens with one attached hydrogen (secondary N) is 1. The van der Waals surface area contributed by atoms with Gasteiger partial charge in [-0.05, 0) is 30.3 Å². The molecule has 5 nitrogen and oxygen atoms in total. The van der Waals surface area contributed by atoms with Gasteiger partial charge in [0.05, 0.1) is 23.9 Å². The number of nitrogens with zero attached hydrogens (tertiary/aromatic N) is 1. The van der Waals surface area contributed by atoms with Crippen LogP contribution in [-0.2, 0) is 0 Å². The summed E-state index contributed by atoms with van der Waals surface area (Å²) < 4.78 is 5.16. The van der Waals surface area contributed by atoms with Crippen LogP contribution in [0.15, 0.2) is 42.5 Å². The van der Waals surface area contributed by atoms with Gasteiger partial charge in [-0.1, -0.05) is 12.1 Å². The number of carbonyl (C=O) groups is 1. The van der Waals surface area contributed by atoms with E-state index in [1.165, 1.54) is 0 Å². The minimum atomic E-state index is -0.0809. The number of ether oxygens (including phenoxy) is 1. The number of H-pyrrole nitrogens is 1. The van der Waals surface area contributed by atoms with E-state index >= 15 is 0 Å². The molecule has 5 heteroatoms. The molecule has 1 aliphatic rings. The summed E-state index contributed by atoms with van der Waals surface area (Å²) in [6.45, 7) is 0. The van der Waals surface area contributed by atoms with Gasteiger partial charge in [-0.2, -0.15) is 5.10 Å². The van der Waals surface area contributed by atoms with Crippen LogP contribution in [0.1, 0.15) is 15.9 Å². The predicted octanol–water partition coefficient (Wildman–Crippen LogP) is 2.88. The highest BCUT2D eigenvalue weighted by atomic mass is 16.5. The number of nitrogens with two attached hydrogens (primary N) is 1. The summed E-state index contributed by atoms with van der Waals surface area (Å²) in [5, 5.41) is 7.28. The summed E-state index contributed by atoms with van der Waals surface area (Å²) in [5.41, 5.74) is 10.6. The van der Waals surface area contributed by atoms with Gasteiger partial charge in [0.1, 0.15) is 11.4 Å². The fourth-order valence-corrected chi connectivity index (χ4v) is 2.87. The lowest BCUT2D eigenvalue weighted by Gasteiger charge is -2.04. The lowest BCUT2D eigenvalue weighted by atomic mass is 10.0. The van der Waals surface area contributed by atoms with E-state index in [1.54, 1.807) is 13.2 Å². The average Bonchev–Trinajstić information content (AvgIpc) is 3.09. The molecule has 0 saturated carbocycles. The SMILES string of the molecule is COc1ccc(-c2[nH]nc3c2C(=O)c2c(N)cccc2-3)cc1. The van der Waals surface area contributed by atoms with Crippen LogP contribution < -0.4 is 10.5 Å². The van der Waals surface area contributed by atoms with Crippen LogP contribution in [0.5, 0.6) is 5.75 Å². The third-order valence-electron chi connectivity index (χ3n) is 3.95. The Morgan fingerprint density at radius 3 is 2.59 bits per heavy atom. The zero-order valence-corrected chi connectivity index (χ0v) is 11.9. The largest absolute Gasteiger partial charge is 0.497 e. The van der Waals surface area contributed by atoms with Gasteiger partial charge in [0.15, 0.2) is 5.78 Å². The number of benzene rings is 2. The van der Waals surface area contributed by atoms with Crippen molar-refractivity contribution in [2.24, 2.45) is 0 Å². The smallest absolute Gasteiger partial charge is 0.200 e. The number of hydrogen-bond donors (Lipinski definition) is 2. The molecule has 1 aliphatic carbocycles.